The van der Waals surface area contributed by atoms with Gasteiger partial charge in [0.1, 0.15) is 0 Å². The molecule has 3 heterocycles. The van der Waals surface area contributed by atoms with E-state index in [2.05, 4.69) is 15.1 Å². The molecule has 5 rings (SSSR count). The second-order valence-corrected chi connectivity index (χ2v) is 10.1. The van der Waals surface area contributed by atoms with E-state index >= 15 is 0 Å². The van der Waals surface area contributed by atoms with Gasteiger partial charge in [-0.1, -0.05) is 31.0 Å². The van der Waals surface area contributed by atoms with Crippen molar-refractivity contribution in [1.82, 2.24) is 15.1 Å². The molecule has 0 radical (unpaired) electrons. The molecule has 1 aliphatic carbocycles. The molecule has 2 amide bonds. The van der Waals surface area contributed by atoms with Crippen LogP contribution in [0.1, 0.15) is 60.9 Å². The third-order valence-corrected chi connectivity index (χ3v) is 8.25. The minimum Gasteiger partial charge on any atom is -0.483 e. The van der Waals surface area contributed by atoms with Crippen molar-refractivity contribution in [3.05, 3.63) is 35.4 Å². The van der Waals surface area contributed by atoms with Crippen LogP contribution in [0.3, 0.4) is 0 Å². The van der Waals surface area contributed by atoms with Crippen LogP contribution in [0.5, 0.6) is 0 Å². The van der Waals surface area contributed by atoms with E-state index in [9.17, 15) is 9.59 Å². The van der Waals surface area contributed by atoms with Gasteiger partial charge < -0.3 is 15.3 Å². The molecular formula is C26H37N3O4. The van der Waals surface area contributed by atoms with E-state index in [1.807, 2.05) is 31.2 Å². The Morgan fingerprint density at radius 1 is 1.09 bits per heavy atom. The second-order valence-electron chi connectivity index (χ2n) is 10.1. The fraction of sp³-hybridized carbons (Fsp3) is 0.654. The highest BCUT2D eigenvalue weighted by atomic mass is 16.3. The first kappa shape index (κ1) is 23.7. The van der Waals surface area contributed by atoms with Gasteiger partial charge in [0.05, 0.1) is 0 Å². The van der Waals surface area contributed by atoms with E-state index in [0.29, 0.717) is 36.4 Å². The van der Waals surface area contributed by atoms with Gasteiger partial charge in [-0.3, -0.25) is 19.3 Å². The summed E-state index contributed by atoms with van der Waals surface area (Å²) in [6, 6.07) is 8.72. The Morgan fingerprint density at radius 2 is 1.82 bits per heavy atom. The number of carboxylic acid groups (broad SMARTS) is 1. The van der Waals surface area contributed by atoms with Gasteiger partial charge in [0, 0.05) is 43.2 Å². The molecule has 4 fully saturated rings. The van der Waals surface area contributed by atoms with E-state index in [0.717, 1.165) is 43.6 Å². The minimum absolute atomic E-state index is 0.0296. The summed E-state index contributed by atoms with van der Waals surface area (Å²) >= 11 is 0. The van der Waals surface area contributed by atoms with Gasteiger partial charge in [-0.25, -0.2) is 0 Å². The monoisotopic (exact) mass is 455 g/mol. The molecule has 3 saturated heterocycles. The lowest BCUT2D eigenvalue weighted by molar-refractivity contribution is -0.147. The average molecular weight is 456 g/mol. The standard InChI is InChI=1S/C25H35N3O2.CH2O2/c1-17-7-2-3-10-21(17)24(29)26-14-23-20-13-19(22-11-4-5-12-28(22)23)15-27(16-20)25(30)18-8-6-9-18;2-1-3/h2-3,7,10,18-20,22-23H,4-6,8-9,11-16H2,1H3,(H,26,29);1H,(H,2,3)/t19-,20+,22+,23+;/m1./s1. The molecule has 3 aliphatic heterocycles. The Hall–Kier alpha value is -2.41. The van der Waals surface area contributed by atoms with Crippen LogP contribution in [0.15, 0.2) is 24.3 Å². The summed E-state index contributed by atoms with van der Waals surface area (Å²) in [5.74, 6) is 1.80. The van der Waals surface area contributed by atoms with E-state index in [-0.39, 0.29) is 18.3 Å². The number of piperidine rings is 3. The van der Waals surface area contributed by atoms with Gasteiger partial charge in [-0.2, -0.15) is 0 Å². The van der Waals surface area contributed by atoms with E-state index in [1.165, 1.54) is 32.1 Å². The quantitative estimate of drug-likeness (QED) is 0.682. The topological polar surface area (TPSA) is 90.0 Å². The zero-order valence-corrected chi connectivity index (χ0v) is 19.6. The predicted octanol–water partition coefficient (Wildman–Crippen LogP) is 2.93. The Labute approximate surface area is 196 Å². The summed E-state index contributed by atoms with van der Waals surface area (Å²) in [5, 5.41) is 10.1. The first-order valence-corrected chi connectivity index (χ1v) is 12.5. The van der Waals surface area contributed by atoms with Crippen LogP contribution in [0.25, 0.3) is 0 Å². The van der Waals surface area contributed by atoms with Crippen molar-refractivity contribution in [2.75, 3.05) is 26.2 Å². The lowest BCUT2D eigenvalue weighted by Crippen LogP contribution is -2.66. The number of fused-ring (bicyclic) bond motifs is 4. The van der Waals surface area contributed by atoms with Crippen LogP contribution in [-0.4, -0.2) is 71.5 Å². The van der Waals surface area contributed by atoms with Gasteiger partial charge in [-0.05, 0) is 69.0 Å². The van der Waals surface area contributed by atoms with E-state index < -0.39 is 0 Å². The maximum absolute atomic E-state index is 13.0. The van der Waals surface area contributed by atoms with Crippen molar-refractivity contribution in [1.29, 1.82) is 0 Å². The smallest absolute Gasteiger partial charge is 0.290 e. The van der Waals surface area contributed by atoms with Crippen LogP contribution >= 0.6 is 0 Å². The molecular weight excluding hydrogens is 418 g/mol. The van der Waals surface area contributed by atoms with Crippen molar-refractivity contribution in [2.45, 2.75) is 64.0 Å². The molecule has 1 saturated carbocycles. The molecule has 1 aromatic carbocycles. The number of carbonyl (C=O) groups is 3. The molecule has 0 unspecified atom stereocenters. The fourth-order valence-electron chi connectivity index (χ4n) is 6.40. The summed E-state index contributed by atoms with van der Waals surface area (Å²) in [6.45, 7) is 5.40. The Balaban J connectivity index is 0.000000821. The highest BCUT2D eigenvalue weighted by Gasteiger charge is 2.48. The van der Waals surface area contributed by atoms with Crippen molar-refractivity contribution in [3.63, 3.8) is 0 Å². The molecule has 0 aromatic heterocycles. The summed E-state index contributed by atoms with van der Waals surface area (Å²) in [5.41, 5.74) is 1.79. The van der Waals surface area contributed by atoms with Crippen molar-refractivity contribution >= 4 is 18.3 Å². The number of nitrogens with one attached hydrogen (secondary N) is 1. The largest absolute Gasteiger partial charge is 0.483 e. The number of carbonyl (C=O) groups excluding carboxylic acids is 2. The SMILES string of the molecule is Cc1ccccc1C(=O)NC[C@H]1[C@H]2C[C@H](CN(C(=O)C3CCC3)C2)[C@@H]2CCCCN21.O=CO. The molecule has 7 heteroatoms. The van der Waals surface area contributed by atoms with Crippen LogP contribution in [0, 0.1) is 24.7 Å². The lowest BCUT2D eigenvalue weighted by Gasteiger charge is -2.57. The molecule has 2 bridgehead atoms. The molecule has 2 N–H and O–H groups in total. The van der Waals surface area contributed by atoms with Gasteiger partial charge in [0.25, 0.3) is 12.4 Å². The number of hydrogen-bond acceptors (Lipinski definition) is 4. The highest BCUT2D eigenvalue weighted by Crippen LogP contribution is 2.42. The van der Waals surface area contributed by atoms with Crippen LogP contribution < -0.4 is 5.32 Å². The summed E-state index contributed by atoms with van der Waals surface area (Å²) < 4.78 is 0. The summed E-state index contributed by atoms with van der Waals surface area (Å²) in [4.78, 5) is 39.1. The molecule has 0 spiro atoms. The number of aryl methyl sites for hydroxylation is 1. The predicted molar refractivity (Wildman–Crippen MR) is 126 cm³/mol. The number of hydrogen-bond donors (Lipinski definition) is 2. The van der Waals surface area contributed by atoms with Gasteiger partial charge in [-0.15, -0.1) is 0 Å². The normalized spacial score (nSPS) is 29.1. The molecule has 7 nitrogen and oxygen atoms in total. The first-order chi connectivity index (χ1) is 16.0. The lowest BCUT2D eigenvalue weighted by atomic mass is 9.71. The minimum atomic E-state index is -0.250. The van der Waals surface area contributed by atoms with E-state index in [1.54, 1.807) is 0 Å². The first-order valence-electron chi connectivity index (χ1n) is 12.5. The fourth-order valence-corrected chi connectivity index (χ4v) is 6.40. The molecule has 180 valence electrons. The van der Waals surface area contributed by atoms with Crippen LogP contribution in [0.4, 0.5) is 0 Å². The third kappa shape index (κ3) is 5.08. The molecule has 4 atom stereocenters. The number of nitrogens with zero attached hydrogens (tertiary/aromatic N) is 2. The number of benzene rings is 1. The van der Waals surface area contributed by atoms with Gasteiger partial charge >= 0.3 is 0 Å². The Kier molecular flexibility index (Phi) is 7.68. The molecule has 1 aromatic rings. The van der Waals surface area contributed by atoms with Gasteiger partial charge in [0.2, 0.25) is 5.91 Å². The maximum Gasteiger partial charge on any atom is 0.290 e. The second kappa shape index (κ2) is 10.7. The number of amides is 2. The van der Waals surface area contributed by atoms with Crippen LogP contribution in [-0.2, 0) is 9.59 Å². The molecule has 33 heavy (non-hydrogen) atoms. The summed E-state index contributed by atoms with van der Waals surface area (Å²) in [7, 11) is 0. The zero-order chi connectivity index (χ0) is 23.4. The third-order valence-electron chi connectivity index (χ3n) is 8.25. The highest BCUT2D eigenvalue weighted by molar-refractivity contribution is 5.95. The van der Waals surface area contributed by atoms with Crippen molar-refractivity contribution in [2.24, 2.45) is 17.8 Å². The average Bonchev–Trinajstić information content (AvgIpc) is 2.78. The zero-order valence-electron chi connectivity index (χ0n) is 19.6. The Morgan fingerprint density at radius 3 is 2.52 bits per heavy atom. The Bertz CT molecular complexity index is 856. The van der Waals surface area contributed by atoms with E-state index in [4.69, 9.17) is 9.90 Å². The van der Waals surface area contributed by atoms with Crippen molar-refractivity contribution < 1.29 is 19.5 Å². The van der Waals surface area contributed by atoms with Crippen LogP contribution in [0.2, 0.25) is 0 Å². The number of likely N-dealkylation sites (tertiary alicyclic amines) is 1. The number of rotatable bonds is 4. The summed E-state index contributed by atoms with van der Waals surface area (Å²) in [6.07, 6.45) is 8.36. The maximum atomic E-state index is 13.0. The van der Waals surface area contributed by atoms with Crippen molar-refractivity contribution in [3.8, 4) is 0 Å². The van der Waals surface area contributed by atoms with Gasteiger partial charge in [0.15, 0.2) is 0 Å². The molecule has 4 aliphatic rings.